The van der Waals surface area contributed by atoms with Crippen molar-refractivity contribution >= 4 is 40.8 Å². The number of fused-ring (bicyclic) bond motifs is 1. The van der Waals surface area contributed by atoms with Crippen LogP contribution < -0.4 is 15.4 Å². The minimum Gasteiger partial charge on any atom is -0.489 e. The molecule has 276 valence electrons. The third kappa shape index (κ3) is 9.23. The number of alkyl halides is 1. The lowest BCUT2D eigenvalue weighted by atomic mass is 9.99. The summed E-state index contributed by atoms with van der Waals surface area (Å²) in [4.78, 5) is 59.3. The molecule has 4 atom stereocenters. The van der Waals surface area contributed by atoms with Gasteiger partial charge in [0.05, 0.1) is 31.2 Å². The molecule has 2 saturated heterocycles. The van der Waals surface area contributed by atoms with Crippen LogP contribution in [0.3, 0.4) is 0 Å². The second kappa shape index (κ2) is 15.3. The Bertz CT molecular complexity index is 1880. The van der Waals surface area contributed by atoms with Gasteiger partial charge in [0.2, 0.25) is 11.8 Å². The Hall–Kier alpha value is -5.07. The van der Waals surface area contributed by atoms with Crippen LogP contribution in [0.1, 0.15) is 81.0 Å². The van der Waals surface area contributed by atoms with Crippen LogP contribution in [0.15, 0.2) is 54.6 Å². The number of amides is 4. The number of hydrogen-bond donors (Lipinski definition) is 2. The van der Waals surface area contributed by atoms with Crippen LogP contribution in [0.4, 0.5) is 13.6 Å². The Morgan fingerprint density at radius 2 is 1.83 bits per heavy atom. The van der Waals surface area contributed by atoms with Gasteiger partial charge in [-0.3, -0.25) is 14.4 Å². The molecule has 3 aliphatic rings. The zero-order valence-electron chi connectivity index (χ0n) is 29.9. The predicted molar refractivity (Wildman–Crippen MR) is 191 cm³/mol. The molecule has 1 aromatic heterocycles. The standard InChI is InChI=1S/C39H45F2N5O6/c1-23(31-19-29(12-9-25(31)8-7-24-5-6-24)51-30-15-16-45(22-30)38(50)52-39(2,3)4)43-37(49)34-18-28(41)21-46(34)35(47)20-42-36(48)33-13-10-26-17-27(40)11-14-32(26)44-33/h7-14,17,19,23-24,28,30,34H,5-6,15-16,18,20-22H2,1-4H3,(H,42,48)(H,43,49)/b8-7+/t23-,28+,30-,34-/m0/s1. The monoisotopic (exact) mass is 717 g/mol. The van der Waals surface area contributed by atoms with Crippen LogP contribution in [0, 0.1) is 11.7 Å². The number of carbonyl (C=O) groups is 4. The first-order valence-electron chi connectivity index (χ1n) is 17.8. The maximum atomic E-state index is 14.7. The largest absolute Gasteiger partial charge is 0.489 e. The van der Waals surface area contributed by atoms with Crippen LogP contribution in [-0.4, -0.2) is 88.7 Å². The highest BCUT2D eigenvalue weighted by Crippen LogP contribution is 2.33. The van der Waals surface area contributed by atoms with E-state index in [-0.39, 0.29) is 30.9 Å². The van der Waals surface area contributed by atoms with E-state index in [9.17, 15) is 28.0 Å². The van der Waals surface area contributed by atoms with Crippen molar-refractivity contribution in [3.05, 3.63) is 77.2 Å². The third-order valence-corrected chi connectivity index (χ3v) is 9.31. The van der Waals surface area contributed by atoms with Crippen molar-refractivity contribution in [1.29, 1.82) is 0 Å². The molecule has 1 saturated carbocycles. The molecule has 3 heterocycles. The lowest BCUT2D eigenvalue weighted by Crippen LogP contribution is -2.49. The fourth-order valence-electron chi connectivity index (χ4n) is 6.46. The number of nitrogens with one attached hydrogen (secondary N) is 2. The van der Waals surface area contributed by atoms with Crippen LogP contribution >= 0.6 is 0 Å². The molecule has 52 heavy (non-hydrogen) atoms. The van der Waals surface area contributed by atoms with E-state index in [0.29, 0.717) is 42.1 Å². The van der Waals surface area contributed by atoms with E-state index < -0.39 is 53.9 Å². The number of allylic oxidation sites excluding steroid dienone is 1. The van der Waals surface area contributed by atoms with Crippen molar-refractivity contribution in [3.8, 4) is 5.75 Å². The summed E-state index contributed by atoms with van der Waals surface area (Å²) in [5, 5.41) is 6.01. The Balaban J connectivity index is 1.09. The molecular formula is C39H45F2N5O6. The molecule has 13 heteroatoms. The Labute approximate surface area is 301 Å². The Morgan fingerprint density at radius 3 is 2.58 bits per heavy atom. The minimum absolute atomic E-state index is 0.0332. The van der Waals surface area contributed by atoms with Crippen LogP contribution in [0.2, 0.25) is 0 Å². The number of hydrogen-bond acceptors (Lipinski definition) is 7. The Morgan fingerprint density at radius 1 is 1.04 bits per heavy atom. The lowest BCUT2D eigenvalue weighted by molar-refractivity contribution is -0.138. The number of ether oxygens (including phenoxy) is 2. The van der Waals surface area contributed by atoms with Gasteiger partial charge in [-0.25, -0.2) is 18.6 Å². The maximum Gasteiger partial charge on any atom is 0.410 e. The first kappa shape index (κ1) is 36.7. The number of nitrogens with zero attached hydrogens (tertiary/aromatic N) is 3. The average molecular weight is 718 g/mol. The van der Waals surface area contributed by atoms with Crippen LogP contribution in [-0.2, 0) is 14.3 Å². The summed E-state index contributed by atoms with van der Waals surface area (Å²) in [5.41, 5.74) is 1.53. The molecule has 0 radical (unpaired) electrons. The normalized spacial score (nSPS) is 21.0. The molecule has 2 aliphatic heterocycles. The second-order valence-electron chi connectivity index (χ2n) is 14.8. The topological polar surface area (TPSA) is 130 Å². The molecule has 0 unspecified atom stereocenters. The number of likely N-dealkylation sites (tertiary alicyclic amines) is 2. The van der Waals surface area contributed by atoms with Crippen molar-refractivity contribution in [2.24, 2.45) is 5.92 Å². The number of carbonyl (C=O) groups excluding carboxylic acids is 4. The fraction of sp³-hybridized carbons (Fsp3) is 0.462. The molecule has 11 nitrogen and oxygen atoms in total. The van der Waals surface area contributed by atoms with E-state index in [1.54, 1.807) is 11.0 Å². The molecular weight excluding hydrogens is 672 g/mol. The van der Waals surface area contributed by atoms with Gasteiger partial charge in [-0.1, -0.05) is 24.3 Å². The summed E-state index contributed by atoms with van der Waals surface area (Å²) < 4.78 is 40.1. The van der Waals surface area contributed by atoms with Gasteiger partial charge < -0.3 is 29.9 Å². The number of benzene rings is 2. The zero-order valence-corrected chi connectivity index (χ0v) is 29.9. The summed E-state index contributed by atoms with van der Waals surface area (Å²) >= 11 is 0. The smallest absolute Gasteiger partial charge is 0.410 e. The van der Waals surface area contributed by atoms with Gasteiger partial charge in [0.25, 0.3) is 5.91 Å². The summed E-state index contributed by atoms with van der Waals surface area (Å²) in [6, 6.07) is 11.0. The summed E-state index contributed by atoms with van der Waals surface area (Å²) in [5.74, 6) is -1.07. The Kier molecular flexibility index (Phi) is 10.8. The zero-order chi connectivity index (χ0) is 37.2. The van der Waals surface area contributed by atoms with E-state index in [4.69, 9.17) is 9.47 Å². The summed E-state index contributed by atoms with van der Waals surface area (Å²) in [7, 11) is 0. The third-order valence-electron chi connectivity index (χ3n) is 9.31. The molecule has 6 rings (SSSR count). The quantitative estimate of drug-likeness (QED) is 0.274. The van der Waals surface area contributed by atoms with E-state index in [1.165, 1.54) is 24.3 Å². The van der Waals surface area contributed by atoms with Crippen LogP contribution in [0.5, 0.6) is 5.75 Å². The molecule has 0 spiro atoms. The fourth-order valence-corrected chi connectivity index (χ4v) is 6.46. The number of aromatic nitrogens is 1. The van der Waals surface area contributed by atoms with E-state index in [0.717, 1.165) is 28.9 Å². The van der Waals surface area contributed by atoms with Gasteiger partial charge >= 0.3 is 6.09 Å². The van der Waals surface area contributed by atoms with E-state index in [1.807, 2.05) is 52.0 Å². The second-order valence-corrected chi connectivity index (χ2v) is 14.8. The summed E-state index contributed by atoms with van der Waals surface area (Å²) in [6.45, 7) is 7.46. The van der Waals surface area contributed by atoms with Gasteiger partial charge in [-0.2, -0.15) is 0 Å². The van der Waals surface area contributed by atoms with Gasteiger partial charge in [0.15, 0.2) is 0 Å². The molecule has 4 amide bonds. The highest BCUT2D eigenvalue weighted by atomic mass is 19.1. The van der Waals surface area contributed by atoms with Crippen molar-refractivity contribution in [1.82, 2.24) is 25.4 Å². The number of halogens is 2. The van der Waals surface area contributed by atoms with Gasteiger partial charge in [0.1, 0.15) is 41.2 Å². The molecule has 3 aromatic rings. The lowest BCUT2D eigenvalue weighted by Gasteiger charge is -2.26. The van der Waals surface area contributed by atoms with E-state index >= 15 is 0 Å². The average Bonchev–Trinajstić information content (AvgIpc) is 3.66. The molecule has 3 fully saturated rings. The molecule has 1 aliphatic carbocycles. The van der Waals surface area contributed by atoms with Crippen molar-refractivity contribution in [3.63, 3.8) is 0 Å². The van der Waals surface area contributed by atoms with Gasteiger partial charge in [0, 0.05) is 24.8 Å². The maximum absolute atomic E-state index is 14.7. The van der Waals surface area contributed by atoms with Crippen molar-refractivity contribution in [2.75, 3.05) is 26.2 Å². The first-order chi connectivity index (χ1) is 24.7. The van der Waals surface area contributed by atoms with E-state index in [2.05, 4.69) is 21.7 Å². The minimum atomic E-state index is -1.41. The summed E-state index contributed by atoms with van der Waals surface area (Å²) in [6.07, 6.45) is 4.89. The highest BCUT2D eigenvalue weighted by Gasteiger charge is 2.40. The van der Waals surface area contributed by atoms with Gasteiger partial charge in [-0.05, 0) is 94.0 Å². The van der Waals surface area contributed by atoms with Crippen LogP contribution in [0.25, 0.3) is 17.0 Å². The van der Waals surface area contributed by atoms with Gasteiger partial charge in [-0.15, -0.1) is 0 Å². The van der Waals surface area contributed by atoms with Crippen molar-refractivity contribution < 1.29 is 37.4 Å². The first-order valence-corrected chi connectivity index (χ1v) is 17.8. The van der Waals surface area contributed by atoms with Crippen molar-refractivity contribution in [2.45, 2.75) is 83.3 Å². The number of rotatable bonds is 10. The number of pyridine rings is 1. The molecule has 2 aromatic carbocycles. The highest BCUT2D eigenvalue weighted by molar-refractivity contribution is 5.97. The molecule has 2 N–H and O–H groups in total. The SMILES string of the molecule is C[C@H](NC(=O)[C@@H]1C[C@@H](F)CN1C(=O)CNC(=O)c1ccc2cc(F)ccc2n1)c1cc(O[C@H]2CCN(C(=O)OC(C)(C)C)C2)ccc1/C=C/C1CC1. The molecule has 0 bridgehead atoms. The predicted octanol–water partition coefficient (Wildman–Crippen LogP) is 5.73.